The zero-order valence-corrected chi connectivity index (χ0v) is 20.2. The molecule has 33 heavy (non-hydrogen) atoms. The Labute approximate surface area is 196 Å². The molecule has 0 bridgehead atoms. The molecular weight excluding hydrogens is 432 g/mol. The van der Waals surface area contributed by atoms with Crippen molar-refractivity contribution in [3.05, 3.63) is 94.5 Å². The Morgan fingerprint density at radius 3 is 2.18 bits per heavy atom. The van der Waals surface area contributed by atoms with E-state index in [1.165, 1.54) is 21.9 Å². The van der Waals surface area contributed by atoms with Crippen LogP contribution in [0.4, 0.5) is 5.69 Å². The summed E-state index contributed by atoms with van der Waals surface area (Å²) in [6, 6.07) is 20.0. The largest absolute Gasteiger partial charge is 0.348 e. The van der Waals surface area contributed by atoms with Crippen LogP contribution in [-0.2, 0) is 27.7 Å². The topological polar surface area (TPSA) is 66.5 Å². The van der Waals surface area contributed by atoms with Gasteiger partial charge in [-0.05, 0) is 81.0 Å². The molecular formula is C27H30N2O3S. The Bertz CT molecular complexity index is 1250. The van der Waals surface area contributed by atoms with Gasteiger partial charge in [-0.3, -0.25) is 9.10 Å². The molecule has 4 rings (SSSR count). The van der Waals surface area contributed by atoms with Crippen molar-refractivity contribution in [1.82, 2.24) is 5.32 Å². The average Bonchev–Trinajstić information content (AvgIpc) is 3.26. The SMILES string of the molecule is Cc1ccc(N(CC(=O)NC(C)c2ccc3c(c2)CCC3)S(=O)(=O)c2ccc(C)cc2)cc1. The van der Waals surface area contributed by atoms with Crippen LogP contribution in [0, 0.1) is 13.8 Å². The third-order valence-electron chi connectivity index (χ3n) is 6.22. The lowest BCUT2D eigenvalue weighted by Gasteiger charge is -2.25. The molecule has 0 radical (unpaired) electrons. The van der Waals surface area contributed by atoms with Crippen molar-refractivity contribution in [3.63, 3.8) is 0 Å². The zero-order valence-electron chi connectivity index (χ0n) is 19.3. The summed E-state index contributed by atoms with van der Waals surface area (Å²) in [5, 5.41) is 2.99. The van der Waals surface area contributed by atoms with Gasteiger partial charge in [-0.1, -0.05) is 53.6 Å². The summed E-state index contributed by atoms with van der Waals surface area (Å²) in [5.41, 5.74) is 6.20. The number of hydrogen-bond acceptors (Lipinski definition) is 3. The van der Waals surface area contributed by atoms with Gasteiger partial charge in [0, 0.05) is 0 Å². The summed E-state index contributed by atoms with van der Waals surface area (Å²) in [4.78, 5) is 13.2. The number of aryl methyl sites for hydroxylation is 4. The number of sulfonamides is 1. The van der Waals surface area contributed by atoms with E-state index in [4.69, 9.17) is 0 Å². The van der Waals surface area contributed by atoms with Gasteiger partial charge >= 0.3 is 0 Å². The highest BCUT2D eigenvalue weighted by Gasteiger charge is 2.28. The summed E-state index contributed by atoms with van der Waals surface area (Å²) in [6.07, 6.45) is 3.35. The lowest BCUT2D eigenvalue weighted by atomic mass is 10.0. The maximum atomic E-state index is 13.5. The Morgan fingerprint density at radius 2 is 1.52 bits per heavy atom. The van der Waals surface area contributed by atoms with Crippen molar-refractivity contribution in [2.24, 2.45) is 0 Å². The summed E-state index contributed by atoms with van der Waals surface area (Å²) in [6.45, 7) is 5.48. The van der Waals surface area contributed by atoms with Crippen LogP contribution in [0.3, 0.4) is 0 Å². The number of benzene rings is 3. The molecule has 0 spiro atoms. The molecule has 1 N–H and O–H groups in total. The molecule has 0 saturated carbocycles. The second-order valence-corrected chi connectivity index (χ2v) is 10.7. The molecule has 1 atom stereocenters. The van der Waals surface area contributed by atoms with Crippen LogP contribution in [-0.4, -0.2) is 20.9 Å². The molecule has 0 aromatic heterocycles. The molecule has 5 nitrogen and oxygen atoms in total. The first-order chi connectivity index (χ1) is 15.7. The van der Waals surface area contributed by atoms with Crippen LogP contribution in [0.1, 0.15) is 47.2 Å². The maximum Gasteiger partial charge on any atom is 0.264 e. The number of nitrogens with one attached hydrogen (secondary N) is 1. The van der Waals surface area contributed by atoms with E-state index in [0.717, 1.165) is 29.5 Å². The molecule has 1 amide bonds. The minimum Gasteiger partial charge on any atom is -0.348 e. The Morgan fingerprint density at radius 1 is 0.909 bits per heavy atom. The van der Waals surface area contributed by atoms with Crippen molar-refractivity contribution in [2.45, 2.75) is 51.0 Å². The minimum atomic E-state index is -3.91. The monoisotopic (exact) mass is 462 g/mol. The molecule has 0 aliphatic heterocycles. The Hall–Kier alpha value is -3.12. The Kier molecular flexibility index (Phi) is 6.56. The van der Waals surface area contributed by atoms with Crippen LogP contribution >= 0.6 is 0 Å². The molecule has 0 heterocycles. The summed E-state index contributed by atoms with van der Waals surface area (Å²) < 4.78 is 28.2. The van der Waals surface area contributed by atoms with E-state index in [9.17, 15) is 13.2 Å². The lowest BCUT2D eigenvalue weighted by Crippen LogP contribution is -2.41. The summed E-state index contributed by atoms with van der Waals surface area (Å²) in [7, 11) is -3.91. The van der Waals surface area contributed by atoms with Gasteiger partial charge in [-0.2, -0.15) is 0 Å². The van der Waals surface area contributed by atoms with Crippen LogP contribution in [0.15, 0.2) is 71.6 Å². The van der Waals surface area contributed by atoms with Crippen molar-refractivity contribution in [1.29, 1.82) is 0 Å². The lowest BCUT2D eigenvalue weighted by molar-refractivity contribution is -0.120. The highest BCUT2D eigenvalue weighted by atomic mass is 32.2. The van der Waals surface area contributed by atoms with Crippen LogP contribution in [0.25, 0.3) is 0 Å². The van der Waals surface area contributed by atoms with E-state index in [1.807, 2.05) is 32.9 Å². The number of anilines is 1. The van der Waals surface area contributed by atoms with Gasteiger partial charge in [0.25, 0.3) is 10.0 Å². The minimum absolute atomic E-state index is 0.160. The third kappa shape index (κ3) is 5.11. The smallest absolute Gasteiger partial charge is 0.264 e. The van der Waals surface area contributed by atoms with Gasteiger partial charge < -0.3 is 5.32 Å². The van der Waals surface area contributed by atoms with Crippen molar-refractivity contribution in [2.75, 3.05) is 10.8 Å². The first kappa shape index (κ1) is 23.1. The highest BCUT2D eigenvalue weighted by molar-refractivity contribution is 7.92. The Balaban J connectivity index is 1.57. The predicted octanol–water partition coefficient (Wildman–Crippen LogP) is 4.86. The fourth-order valence-electron chi connectivity index (χ4n) is 4.23. The second-order valence-electron chi connectivity index (χ2n) is 8.83. The number of carbonyl (C=O) groups excluding carboxylic acids is 1. The standard InChI is InChI=1S/C27H30N2O3S/c1-19-7-13-25(14-8-19)29(33(31,32)26-15-9-20(2)10-16-26)18-27(30)28-21(3)23-12-11-22-5-4-6-24(22)17-23/h7-17,21H,4-6,18H2,1-3H3,(H,28,30). The number of hydrogen-bond donors (Lipinski definition) is 1. The number of rotatable bonds is 7. The van der Waals surface area contributed by atoms with Gasteiger partial charge in [-0.15, -0.1) is 0 Å². The van der Waals surface area contributed by atoms with E-state index in [2.05, 4.69) is 23.5 Å². The van der Waals surface area contributed by atoms with Crippen LogP contribution in [0.5, 0.6) is 0 Å². The van der Waals surface area contributed by atoms with Crippen molar-refractivity contribution in [3.8, 4) is 0 Å². The number of fused-ring (bicyclic) bond motifs is 1. The van der Waals surface area contributed by atoms with Gasteiger partial charge in [0.05, 0.1) is 16.6 Å². The summed E-state index contributed by atoms with van der Waals surface area (Å²) in [5.74, 6) is -0.348. The van der Waals surface area contributed by atoms with Gasteiger partial charge in [0.15, 0.2) is 0 Å². The highest BCUT2D eigenvalue weighted by Crippen LogP contribution is 2.27. The van der Waals surface area contributed by atoms with Gasteiger partial charge in [0.2, 0.25) is 5.91 Å². The fourth-order valence-corrected chi connectivity index (χ4v) is 5.65. The maximum absolute atomic E-state index is 13.5. The predicted molar refractivity (Wildman–Crippen MR) is 132 cm³/mol. The van der Waals surface area contributed by atoms with E-state index in [-0.39, 0.29) is 23.4 Å². The first-order valence-corrected chi connectivity index (χ1v) is 12.8. The van der Waals surface area contributed by atoms with E-state index >= 15 is 0 Å². The number of nitrogens with zero attached hydrogens (tertiary/aromatic N) is 1. The molecule has 6 heteroatoms. The van der Waals surface area contributed by atoms with Crippen molar-refractivity contribution < 1.29 is 13.2 Å². The van der Waals surface area contributed by atoms with Crippen molar-refractivity contribution >= 4 is 21.6 Å². The molecule has 0 saturated heterocycles. The second kappa shape index (κ2) is 9.40. The van der Waals surface area contributed by atoms with E-state index < -0.39 is 10.0 Å². The number of amides is 1. The molecule has 1 unspecified atom stereocenters. The molecule has 3 aromatic rings. The fraction of sp³-hybridized carbons (Fsp3) is 0.296. The summed E-state index contributed by atoms with van der Waals surface area (Å²) >= 11 is 0. The average molecular weight is 463 g/mol. The molecule has 1 aliphatic carbocycles. The van der Waals surface area contributed by atoms with Gasteiger partial charge in [-0.25, -0.2) is 8.42 Å². The molecule has 172 valence electrons. The van der Waals surface area contributed by atoms with E-state index in [1.54, 1.807) is 36.4 Å². The first-order valence-electron chi connectivity index (χ1n) is 11.3. The quantitative estimate of drug-likeness (QED) is 0.545. The molecule has 3 aromatic carbocycles. The zero-order chi connectivity index (χ0) is 23.6. The van der Waals surface area contributed by atoms with Crippen LogP contribution in [0.2, 0.25) is 0 Å². The number of carbonyl (C=O) groups is 1. The van der Waals surface area contributed by atoms with E-state index in [0.29, 0.717) is 5.69 Å². The van der Waals surface area contributed by atoms with Gasteiger partial charge in [0.1, 0.15) is 6.54 Å². The van der Waals surface area contributed by atoms with Crippen LogP contribution < -0.4 is 9.62 Å². The third-order valence-corrected chi connectivity index (χ3v) is 8.01. The normalized spacial score (nSPS) is 13.9. The molecule has 0 fully saturated rings. The molecule has 1 aliphatic rings.